The van der Waals surface area contributed by atoms with Crippen LogP contribution in [0.2, 0.25) is 0 Å². The summed E-state index contributed by atoms with van der Waals surface area (Å²) in [5, 5.41) is 7.53. The van der Waals surface area contributed by atoms with E-state index in [4.69, 9.17) is 4.74 Å². The monoisotopic (exact) mass is 459 g/mol. The van der Waals surface area contributed by atoms with Crippen molar-refractivity contribution in [3.8, 4) is 10.4 Å². The van der Waals surface area contributed by atoms with Gasteiger partial charge in [-0.25, -0.2) is 9.78 Å². The zero-order chi connectivity index (χ0) is 21.4. The molecule has 0 saturated heterocycles. The molecule has 0 saturated carbocycles. The number of carbonyl (C=O) groups excluding carboxylic acids is 2. The third kappa shape index (κ3) is 3.57. The number of nitrogens with one attached hydrogen (secondary N) is 1. The highest BCUT2D eigenvalue weighted by molar-refractivity contribution is 7.18. The van der Waals surface area contributed by atoms with E-state index in [0.29, 0.717) is 20.8 Å². The smallest absolute Gasteiger partial charge is 0.341 e. The van der Waals surface area contributed by atoms with Gasteiger partial charge in [0.05, 0.1) is 24.4 Å². The van der Waals surface area contributed by atoms with E-state index in [9.17, 15) is 14.4 Å². The van der Waals surface area contributed by atoms with Crippen LogP contribution in [0.3, 0.4) is 0 Å². The Kier molecular flexibility index (Phi) is 5.54. The van der Waals surface area contributed by atoms with Gasteiger partial charge in [-0.2, -0.15) is 0 Å². The van der Waals surface area contributed by atoms with Crippen molar-refractivity contribution in [2.24, 2.45) is 0 Å². The van der Waals surface area contributed by atoms with E-state index < -0.39 is 11.9 Å². The van der Waals surface area contributed by atoms with Gasteiger partial charge in [0.15, 0.2) is 0 Å². The third-order valence-electron chi connectivity index (χ3n) is 4.69. The Labute approximate surface area is 183 Å². The highest BCUT2D eigenvalue weighted by Crippen LogP contribution is 2.34. The van der Waals surface area contributed by atoms with E-state index >= 15 is 0 Å². The lowest BCUT2D eigenvalue weighted by Crippen LogP contribution is -2.28. The molecule has 4 rings (SSSR count). The highest BCUT2D eigenvalue weighted by Gasteiger charge is 2.22. The highest BCUT2D eigenvalue weighted by atomic mass is 32.1. The van der Waals surface area contributed by atoms with Gasteiger partial charge in [-0.3, -0.25) is 14.2 Å². The van der Waals surface area contributed by atoms with Crippen molar-refractivity contribution in [3.63, 3.8) is 0 Å². The van der Waals surface area contributed by atoms with Crippen molar-refractivity contribution < 1.29 is 14.3 Å². The van der Waals surface area contributed by atoms with Crippen LogP contribution in [0.5, 0.6) is 0 Å². The number of aromatic nitrogens is 2. The number of nitrogens with zero attached hydrogens (tertiary/aromatic N) is 2. The number of methoxy groups -OCH3 is 1. The molecule has 10 heteroatoms. The Morgan fingerprint density at radius 3 is 2.77 bits per heavy atom. The fourth-order valence-electron chi connectivity index (χ4n) is 3.08. The molecule has 7 nitrogen and oxygen atoms in total. The summed E-state index contributed by atoms with van der Waals surface area (Å²) in [4.78, 5) is 44.7. The largest absolute Gasteiger partial charge is 0.465 e. The van der Waals surface area contributed by atoms with Gasteiger partial charge < -0.3 is 10.1 Å². The summed E-state index contributed by atoms with van der Waals surface area (Å²) in [6, 6.07) is 3.88. The summed E-state index contributed by atoms with van der Waals surface area (Å²) in [6.45, 7) is 3.46. The molecule has 0 unspecified atom stereocenters. The minimum absolute atomic E-state index is 0.210. The molecule has 0 atom stereocenters. The molecule has 30 heavy (non-hydrogen) atoms. The van der Waals surface area contributed by atoms with Crippen LogP contribution in [0.25, 0.3) is 20.7 Å². The second-order valence-corrected chi connectivity index (χ2v) is 9.54. The molecule has 0 aromatic carbocycles. The molecule has 0 aliphatic heterocycles. The normalized spacial score (nSPS) is 11.0. The summed E-state index contributed by atoms with van der Waals surface area (Å²) in [5.74, 6) is -0.927. The van der Waals surface area contributed by atoms with Gasteiger partial charge in [-0.15, -0.1) is 34.0 Å². The van der Waals surface area contributed by atoms with Gasteiger partial charge in [0.2, 0.25) is 5.91 Å². The molecule has 4 aromatic heterocycles. The van der Waals surface area contributed by atoms with Crippen LogP contribution < -0.4 is 10.9 Å². The first-order chi connectivity index (χ1) is 14.4. The average molecular weight is 460 g/mol. The number of hydrogen-bond donors (Lipinski definition) is 1. The molecule has 0 spiro atoms. The Hall–Kier alpha value is -2.82. The third-order valence-corrected chi connectivity index (χ3v) is 7.60. The van der Waals surface area contributed by atoms with Crippen LogP contribution in [0.4, 0.5) is 5.00 Å². The standard InChI is InChI=1S/C20H17N3O4S3/c1-10-11(2)30-18(15(10)20(26)27-3)22-14(24)7-23-9-21-17-16(19(23)25)12(8-29-17)13-5-4-6-28-13/h4-6,8-9H,7H2,1-3H3,(H,22,24). The first-order valence-corrected chi connectivity index (χ1v) is 11.5. The summed E-state index contributed by atoms with van der Waals surface area (Å²) >= 11 is 4.25. The number of hydrogen-bond acceptors (Lipinski definition) is 8. The predicted molar refractivity (Wildman–Crippen MR) is 121 cm³/mol. The maximum absolute atomic E-state index is 13.1. The van der Waals surface area contributed by atoms with Crippen LogP contribution >= 0.6 is 34.0 Å². The van der Waals surface area contributed by atoms with Crippen LogP contribution in [0.15, 0.2) is 34.0 Å². The first kappa shape index (κ1) is 20.5. The zero-order valence-electron chi connectivity index (χ0n) is 16.3. The van der Waals surface area contributed by atoms with E-state index in [-0.39, 0.29) is 12.1 Å². The number of anilines is 1. The van der Waals surface area contributed by atoms with Gasteiger partial charge in [0, 0.05) is 20.7 Å². The Morgan fingerprint density at radius 1 is 1.27 bits per heavy atom. The average Bonchev–Trinajstić information content (AvgIpc) is 3.44. The van der Waals surface area contributed by atoms with Crippen LogP contribution in [0, 0.1) is 13.8 Å². The molecule has 0 aliphatic rings. The van der Waals surface area contributed by atoms with E-state index in [1.165, 1.54) is 40.7 Å². The molecule has 4 aromatic rings. The zero-order valence-corrected chi connectivity index (χ0v) is 18.8. The minimum Gasteiger partial charge on any atom is -0.465 e. The van der Waals surface area contributed by atoms with Crippen molar-refractivity contribution >= 4 is 61.1 Å². The van der Waals surface area contributed by atoms with Crippen LogP contribution in [0.1, 0.15) is 20.8 Å². The lowest BCUT2D eigenvalue weighted by molar-refractivity contribution is -0.116. The van der Waals surface area contributed by atoms with E-state index in [2.05, 4.69) is 10.3 Å². The predicted octanol–water partition coefficient (Wildman–Crippen LogP) is 4.29. The van der Waals surface area contributed by atoms with Gasteiger partial charge in [-0.1, -0.05) is 6.07 Å². The summed E-state index contributed by atoms with van der Waals surface area (Å²) < 4.78 is 6.12. The Bertz CT molecular complexity index is 1320. The number of rotatable bonds is 5. The number of esters is 1. The van der Waals surface area contributed by atoms with Crippen molar-refractivity contribution in [2.45, 2.75) is 20.4 Å². The number of amides is 1. The second-order valence-electron chi connectivity index (χ2n) is 6.51. The molecule has 0 fully saturated rings. The maximum atomic E-state index is 13.1. The van der Waals surface area contributed by atoms with Gasteiger partial charge in [-0.05, 0) is 30.9 Å². The maximum Gasteiger partial charge on any atom is 0.341 e. The van der Waals surface area contributed by atoms with Crippen LogP contribution in [-0.2, 0) is 16.1 Å². The van der Waals surface area contributed by atoms with Crippen molar-refractivity contribution in [3.05, 3.63) is 55.6 Å². The van der Waals surface area contributed by atoms with E-state index in [0.717, 1.165) is 20.9 Å². The van der Waals surface area contributed by atoms with Gasteiger partial charge in [0.25, 0.3) is 5.56 Å². The SMILES string of the molecule is COC(=O)c1c(NC(=O)Cn2cnc3scc(-c4cccs4)c3c2=O)sc(C)c1C. The van der Waals surface area contributed by atoms with E-state index in [1.807, 2.05) is 29.8 Å². The topological polar surface area (TPSA) is 90.3 Å². The van der Waals surface area contributed by atoms with Crippen molar-refractivity contribution in [1.29, 1.82) is 0 Å². The number of thiophene rings is 3. The Balaban J connectivity index is 1.64. The first-order valence-electron chi connectivity index (χ1n) is 8.89. The van der Waals surface area contributed by atoms with Gasteiger partial charge in [0.1, 0.15) is 16.4 Å². The fraction of sp³-hybridized carbons (Fsp3) is 0.200. The van der Waals surface area contributed by atoms with Crippen molar-refractivity contribution in [2.75, 3.05) is 12.4 Å². The number of aryl methyl sites for hydroxylation is 1. The number of ether oxygens (including phenoxy) is 1. The molecule has 0 aliphatic carbocycles. The molecule has 1 amide bonds. The van der Waals surface area contributed by atoms with E-state index in [1.54, 1.807) is 18.3 Å². The summed E-state index contributed by atoms with van der Waals surface area (Å²) in [7, 11) is 1.30. The molecule has 4 heterocycles. The summed E-state index contributed by atoms with van der Waals surface area (Å²) in [5.41, 5.74) is 1.66. The molecular formula is C20H17N3O4S3. The summed E-state index contributed by atoms with van der Waals surface area (Å²) in [6.07, 6.45) is 1.38. The molecule has 0 bridgehead atoms. The molecule has 0 radical (unpaired) electrons. The minimum atomic E-state index is -0.508. The lowest BCUT2D eigenvalue weighted by atomic mass is 10.1. The van der Waals surface area contributed by atoms with Crippen molar-refractivity contribution in [1.82, 2.24) is 9.55 Å². The molecule has 154 valence electrons. The fourth-order valence-corrected chi connectivity index (χ4v) is 5.86. The quantitative estimate of drug-likeness (QED) is 0.450. The van der Waals surface area contributed by atoms with Gasteiger partial charge >= 0.3 is 5.97 Å². The number of carbonyl (C=O) groups is 2. The lowest BCUT2D eigenvalue weighted by Gasteiger charge is -2.08. The Morgan fingerprint density at radius 2 is 2.07 bits per heavy atom. The second kappa shape index (κ2) is 8.13. The molecule has 1 N–H and O–H groups in total. The number of fused-ring (bicyclic) bond motifs is 1. The van der Waals surface area contributed by atoms with Crippen LogP contribution in [-0.4, -0.2) is 28.5 Å². The molecular weight excluding hydrogens is 442 g/mol.